The van der Waals surface area contributed by atoms with Gasteiger partial charge in [0.05, 0.1) is 22.4 Å². The summed E-state index contributed by atoms with van der Waals surface area (Å²) in [4.78, 5) is 21.0. The number of carbonyl (C=O) groups excluding carboxylic acids is 1. The third-order valence-corrected chi connectivity index (χ3v) is 3.33. The van der Waals surface area contributed by atoms with Gasteiger partial charge in [0.25, 0.3) is 5.91 Å². The van der Waals surface area contributed by atoms with Crippen LogP contribution in [0, 0.1) is 13.8 Å². The van der Waals surface area contributed by atoms with Gasteiger partial charge >= 0.3 is 0 Å². The highest BCUT2D eigenvalue weighted by Gasteiger charge is 2.10. The van der Waals surface area contributed by atoms with Gasteiger partial charge < -0.3 is 5.32 Å². The normalized spacial score (nSPS) is 12.4. The number of amides is 1. The average Bonchev–Trinajstić information content (AvgIpc) is 2.39. The molecule has 4 nitrogen and oxygen atoms in total. The summed E-state index contributed by atoms with van der Waals surface area (Å²) in [6, 6.07) is 5.62. The molecule has 0 radical (unpaired) electrons. The average molecular weight is 257 g/mol. The zero-order valence-corrected chi connectivity index (χ0v) is 11.8. The third kappa shape index (κ3) is 2.89. The smallest absolute Gasteiger partial charge is 0.251 e. The van der Waals surface area contributed by atoms with Gasteiger partial charge in [-0.2, -0.15) is 0 Å². The summed E-state index contributed by atoms with van der Waals surface area (Å²) in [5, 5.41) is 2.95. The molecule has 2 rings (SSSR count). The molecule has 1 heterocycles. The molecule has 0 bridgehead atoms. The second-order valence-electron chi connectivity index (χ2n) is 4.88. The topological polar surface area (TPSA) is 54.9 Å². The van der Waals surface area contributed by atoms with Crippen molar-refractivity contribution >= 4 is 16.9 Å². The first-order valence-corrected chi connectivity index (χ1v) is 6.57. The molecule has 0 aliphatic carbocycles. The number of nitrogens with one attached hydrogen (secondary N) is 1. The van der Waals surface area contributed by atoms with Crippen LogP contribution in [0.3, 0.4) is 0 Å². The van der Waals surface area contributed by atoms with E-state index in [4.69, 9.17) is 0 Å². The van der Waals surface area contributed by atoms with Crippen molar-refractivity contribution in [3.05, 3.63) is 35.2 Å². The van der Waals surface area contributed by atoms with Crippen molar-refractivity contribution in [3.8, 4) is 0 Å². The maximum Gasteiger partial charge on any atom is 0.251 e. The van der Waals surface area contributed by atoms with E-state index in [1.54, 1.807) is 12.1 Å². The monoisotopic (exact) mass is 257 g/mol. The van der Waals surface area contributed by atoms with Gasteiger partial charge in [-0.1, -0.05) is 6.92 Å². The number of hydrogen-bond acceptors (Lipinski definition) is 3. The first-order valence-electron chi connectivity index (χ1n) is 6.57. The molecule has 1 amide bonds. The number of aryl methyl sites for hydroxylation is 2. The Morgan fingerprint density at radius 3 is 2.47 bits per heavy atom. The highest BCUT2D eigenvalue weighted by atomic mass is 16.1. The predicted molar refractivity (Wildman–Crippen MR) is 76.2 cm³/mol. The summed E-state index contributed by atoms with van der Waals surface area (Å²) in [6.45, 7) is 7.90. The maximum absolute atomic E-state index is 12.1. The lowest BCUT2D eigenvalue weighted by Crippen LogP contribution is -2.31. The molecule has 0 saturated heterocycles. The molecule has 0 unspecified atom stereocenters. The molecule has 100 valence electrons. The largest absolute Gasteiger partial charge is 0.350 e. The van der Waals surface area contributed by atoms with Crippen LogP contribution in [0.2, 0.25) is 0 Å². The molecule has 4 heteroatoms. The Kier molecular flexibility index (Phi) is 3.79. The van der Waals surface area contributed by atoms with Crippen molar-refractivity contribution < 1.29 is 4.79 Å². The molecule has 2 aromatic rings. The van der Waals surface area contributed by atoms with E-state index in [2.05, 4.69) is 15.3 Å². The number of fused-ring (bicyclic) bond motifs is 1. The summed E-state index contributed by atoms with van der Waals surface area (Å²) in [7, 11) is 0. The van der Waals surface area contributed by atoms with Gasteiger partial charge in [-0.25, -0.2) is 9.97 Å². The van der Waals surface area contributed by atoms with Crippen molar-refractivity contribution in [1.29, 1.82) is 0 Å². The fourth-order valence-electron chi connectivity index (χ4n) is 1.78. The zero-order valence-electron chi connectivity index (χ0n) is 11.8. The van der Waals surface area contributed by atoms with Gasteiger partial charge in [-0.15, -0.1) is 0 Å². The second kappa shape index (κ2) is 5.34. The highest BCUT2D eigenvalue weighted by molar-refractivity contribution is 5.97. The number of aromatic nitrogens is 2. The molecule has 19 heavy (non-hydrogen) atoms. The Labute approximate surface area is 113 Å². The van der Waals surface area contributed by atoms with E-state index < -0.39 is 0 Å². The molecule has 0 aliphatic heterocycles. The number of benzene rings is 1. The first kappa shape index (κ1) is 13.5. The van der Waals surface area contributed by atoms with Crippen LogP contribution in [-0.4, -0.2) is 21.9 Å². The lowest BCUT2D eigenvalue weighted by molar-refractivity contribution is 0.0939. The summed E-state index contributed by atoms with van der Waals surface area (Å²) < 4.78 is 0. The molecular weight excluding hydrogens is 238 g/mol. The van der Waals surface area contributed by atoms with Crippen LogP contribution in [0.1, 0.15) is 42.0 Å². The minimum atomic E-state index is -0.0590. The van der Waals surface area contributed by atoms with Crippen LogP contribution in [-0.2, 0) is 0 Å². The molecule has 1 atom stereocenters. The molecule has 0 aliphatic rings. The fourth-order valence-corrected chi connectivity index (χ4v) is 1.78. The molecular formula is C15H19N3O. The van der Waals surface area contributed by atoms with Crippen LogP contribution in [0.5, 0.6) is 0 Å². The van der Waals surface area contributed by atoms with Crippen molar-refractivity contribution in [1.82, 2.24) is 15.3 Å². The van der Waals surface area contributed by atoms with Gasteiger partial charge in [0.2, 0.25) is 0 Å². The summed E-state index contributed by atoms with van der Waals surface area (Å²) in [5.41, 5.74) is 4.03. The Morgan fingerprint density at radius 1 is 1.21 bits per heavy atom. The lowest BCUT2D eigenvalue weighted by Gasteiger charge is -2.11. The van der Waals surface area contributed by atoms with Crippen molar-refractivity contribution in [2.45, 2.75) is 40.2 Å². The standard InChI is InChI=1S/C15H19N3O/c1-5-9(2)16-15(19)12-6-7-13-14(8-12)18-11(4)10(3)17-13/h6-9H,5H2,1-4H3,(H,16,19)/t9-/m0/s1. The Morgan fingerprint density at radius 2 is 1.84 bits per heavy atom. The quantitative estimate of drug-likeness (QED) is 0.919. The van der Waals surface area contributed by atoms with E-state index in [9.17, 15) is 4.79 Å². The number of hydrogen-bond donors (Lipinski definition) is 1. The van der Waals surface area contributed by atoms with E-state index in [0.717, 1.165) is 28.8 Å². The van der Waals surface area contributed by atoms with Gasteiger partial charge in [0, 0.05) is 11.6 Å². The number of rotatable bonds is 3. The van der Waals surface area contributed by atoms with Crippen LogP contribution in [0.4, 0.5) is 0 Å². The van der Waals surface area contributed by atoms with Crippen molar-refractivity contribution in [2.24, 2.45) is 0 Å². The summed E-state index contributed by atoms with van der Waals surface area (Å²) in [6.07, 6.45) is 0.914. The van der Waals surface area contributed by atoms with Crippen LogP contribution in [0.25, 0.3) is 11.0 Å². The van der Waals surface area contributed by atoms with E-state index in [-0.39, 0.29) is 11.9 Å². The van der Waals surface area contributed by atoms with Crippen molar-refractivity contribution in [3.63, 3.8) is 0 Å². The minimum Gasteiger partial charge on any atom is -0.350 e. The molecule has 0 spiro atoms. The van der Waals surface area contributed by atoms with Gasteiger partial charge in [-0.05, 0) is 45.4 Å². The third-order valence-electron chi connectivity index (χ3n) is 3.33. The Balaban J connectivity index is 2.36. The van der Waals surface area contributed by atoms with E-state index in [1.165, 1.54) is 0 Å². The summed E-state index contributed by atoms with van der Waals surface area (Å²) in [5.74, 6) is -0.0590. The van der Waals surface area contributed by atoms with E-state index in [0.29, 0.717) is 5.56 Å². The van der Waals surface area contributed by atoms with Crippen LogP contribution in [0.15, 0.2) is 18.2 Å². The molecule has 0 saturated carbocycles. The Hall–Kier alpha value is -1.97. The molecule has 1 aromatic heterocycles. The summed E-state index contributed by atoms with van der Waals surface area (Å²) >= 11 is 0. The number of nitrogens with zero attached hydrogens (tertiary/aromatic N) is 2. The zero-order chi connectivity index (χ0) is 14.0. The number of carbonyl (C=O) groups is 1. The highest BCUT2D eigenvalue weighted by Crippen LogP contribution is 2.14. The predicted octanol–water partition coefficient (Wildman–Crippen LogP) is 2.77. The maximum atomic E-state index is 12.1. The first-order chi connectivity index (χ1) is 9.01. The van der Waals surface area contributed by atoms with Crippen LogP contribution >= 0.6 is 0 Å². The minimum absolute atomic E-state index is 0.0590. The Bertz CT molecular complexity index is 622. The van der Waals surface area contributed by atoms with E-state index >= 15 is 0 Å². The molecule has 1 N–H and O–H groups in total. The van der Waals surface area contributed by atoms with Gasteiger partial charge in [0.15, 0.2) is 0 Å². The van der Waals surface area contributed by atoms with Gasteiger partial charge in [-0.3, -0.25) is 4.79 Å². The fraction of sp³-hybridized carbons (Fsp3) is 0.400. The second-order valence-corrected chi connectivity index (χ2v) is 4.88. The molecule has 1 aromatic carbocycles. The van der Waals surface area contributed by atoms with Crippen LogP contribution < -0.4 is 5.32 Å². The van der Waals surface area contributed by atoms with Crippen molar-refractivity contribution in [2.75, 3.05) is 0 Å². The lowest BCUT2D eigenvalue weighted by atomic mass is 10.1. The SMILES string of the molecule is CC[C@H](C)NC(=O)c1ccc2nc(C)c(C)nc2c1. The van der Waals surface area contributed by atoms with E-state index in [1.807, 2.05) is 33.8 Å². The molecule has 0 fully saturated rings. The van der Waals surface area contributed by atoms with Gasteiger partial charge in [0.1, 0.15) is 0 Å².